The number of hydrogen-bond acceptors (Lipinski definition) is 6. The summed E-state index contributed by atoms with van der Waals surface area (Å²) in [6.45, 7) is 5.45. The highest BCUT2D eigenvalue weighted by Crippen LogP contribution is 2.27. The molecule has 7 heteroatoms. The second kappa shape index (κ2) is 7.76. The van der Waals surface area contributed by atoms with Gasteiger partial charge in [0.2, 0.25) is 0 Å². The summed E-state index contributed by atoms with van der Waals surface area (Å²) in [5.74, 6) is 2.69. The molecular formula is C18H27N5OS. The predicted octanol–water partition coefficient (Wildman–Crippen LogP) is 2.52. The lowest BCUT2D eigenvalue weighted by Gasteiger charge is -2.32. The number of aromatic nitrogens is 3. The Morgan fingerprint density at radius 2 is 2.20 bits per heavy atom. The van der Waals surface area contributed by atoms with Crippen molar-refractivity contribution in [2.45, 2.75) is 38.8 Å². The predicted molar refractivity (Wildman–Crippen MR) is 100.0 cm³/mol. The van der Waals surface area contributed by atoms with Crippen molar-refractivity contribution >= 4 is 17.1 Å². The molecule has 136 valence electrons. The van der Waals surface area contributed by atoms with Gasteiger partial charge in [-0.05, 0) is 57.4 Å². The summed E-state index contributed by atoms with van der Waals surface area (Å²) < 4.78 is 2.16. The molecule has 2 aromatic rings. The van der Waals surface area contributed by atoms with E-state index in [1.165, 1.54) is 12.0 Å². The Labute approximate surface area is 153 Å². The summed E-state index contributed by atoms with van der Waals surface area (Å²) >= 11 is 1.55. The lowest BCUT2D eigenvalue weighted by atomic mass is 9.97. The first-order valence-corrected chi connectivity index (χ1v) is 9.65. The van der Waals surface area contributed by atoms with Crippen molar-refractivity contribution in [2.75, 3.05) is 27.2 Å². The van der Waals surface area contributed by atoms with Crippen LogP contribution in [0.4, 0.5) is 0 Å². The number of carbonyl (C=O) groups is 1. The van der Waals surface area contributed by atoms with Crippen LogP contribution >= 0.6 is 11.3 Å². The molecule has 1 aliphatic heterocycles. The molecule has 25 heavy (non-hydrogen) atoms. The topological polar surface area (TPSA) is 54.3 Å². The third-order valence-corrected chi connectivity index (χ3v) is 5.81. The molecule has 0 unspecified atom stereocenters. The third kappa shape index (κ3) is 4.34. The van der Waals surface area contributed by atoms with Gasteiger partial charge in [-0.3, -0.25) is 9.69 Å². The zero-order chi connectivity index (χ0) is 18.0. The van der Waals surface area contributed by atoms with Crippen LogP contribution in [0.3, 0.4) is 0 Å². The largest absolute Gasteiger partial charge is 0.317 e. The fraction of sp³-hybridized carbons (Fsp3) is 0.611. The minimum atomic E-state index is 0.153. The molecule has 1 saturated heterocycles. The molecule has 3 heterocycles. The van der Waals surface area contributed by atoms with Crippen LogP contribution in [0.2, 0.25) is 0 Å². The first-order chi connectivity index (χ1) is 11.9. The van der Waals surface area contributed by atoms with Gasteiger partial charge in [-0.2, -0.15) is 0 Å². The molecule has 6 nitrogen and oxygen atoms in total. The SMILES string of the molecule is CC(=O)c1cc(CN2CCC[C@@H](c3nnc(CN(C)C)n3C)C2)cs1. The van der Waals surface area contributed by atoms with Crippen LogP contribution in [-0.4, -0.2) is 57.5 Å². The highest BCUT2D eigenvalue weighted by atomic mass is 32.1. The van der Waals surface area contributed by atoms with Crippen molar-refractivity contribution in [3.8, 4) is 0 Å². The number of nitrogens with zero attached hydrogens (tertiary/aromatic N) is 5. The molecule has 0 aromatic carbocycles. The molecule has 0 saturated carbocycles. The van der Waals surface area contributed by atoms with Gasteiger partial charge in [0.15, 0.2) is 5.78 Å². The van der Waals surface area contributed by atoms with E-state index in [9.17, 15) is 4.79 Å². The summed E-state index contributed by atoms with van der Waals surface area (Å²) in [5, 5.41) is 11.0. The molecule has 0 spiro atoms. The number of piperidine rings is 1. The van der Waals surface area contributed by atoms with Crippen molar-refractivity contribution < 1.29 is 4.79 Å². The number of Topliss-reactive ketones (excluding diaryl/α,β-unsaturated/α-hetero) is 1. The van der Waals surface area contributed by atoms with E-state index in [4.69, 9.17) is 0 Å². The maximum absolute atomic E-state index is 11.5. The fourth-order valence-electron chi connectivity index (χ4n) is 3.46. The molecule has 2 aromatic heterocycles. The molecule has 0 radical (unpaired) electrons. The van der Waals surface area contributed by atoms with Gasteiger partial charge in [-0.15, -0.1) is 21.5 Å². The number of ketones is 1. The van der Waals surface area contributed by atoms with Gasteiger partial charge in [0.1, 0.15) is 11.6 Å². The Bertz CT molecular complexity index is 736. The van der Waals surface area contributed by atoms with Crippen molar-refractivity contribution in [2.24, 2.45) is 7.05 Å². The zero-order valence-electron chi connectivity index (χ0n) is 15.5. The number of carbonyl (C=O) groups excluding carboxylic acids is 1. The standard InChI is InChI=1S/C18H27N5OS/c1-13(24)16-8-14(12-25-16)9-23-7-5-6-15(10-23)18-20-19-17(22(18)4)11-21(2)3/h8,12,15H,5-7,9-11H2,1-4H3/t15-/m1/s1. The quantitative estimate of drug-likeness (QED) is 0.740. The van der Waals surface area contributed by atoms with Gasteiger partial charge < -0.3 is 9.47 Å². The Balaban J connectivity index is 1.66. The summed E-state index contributed by atoms with van der Waals surface area (Å²) in [7, 11) is 6.17. The van der Waals surface area contributed by atoms with Crippen molar-refractivity contribution in [3.63, 3.8) is 0 Å². The van der Waals surface area contributed by atoms with Crippen LogP contribution in [0.1, 0.15) is 52.6 Å². The lowest BCUT2D eigenvalue weighted by Crippen LogP contribution is -2.34. The van der Waals surface area contributed by atoms with Gasteiger partial charge >= 0.3 is 0 Å². The Kier molecular flexibility index (Phi) is 5.66. The maximum atomic E-state index is 11.5. The van der Waals surface area contributed by atoms with Gasteiger partial charge in [-0.25, -0.2) is 0 Å². The minimum absolute atomic E-state index is 0.153. The highest BCUT2D eigenvalue weighted by Gasteiger charge is 2.26. The van der Waals surface area contributed by atoms with Crippen LogP contribution < -0.4 is 0 Å². The van der Waals surface area contributed by atoms with E-state index >= 15 is 0 Å². The van der Waals surface area contributed by atoms with E-state index in [2.05, 4.69) is 37.0 Å². The second-order valence-corrected chi connectivity index (χ2v) is 8.13. The lowest BCUT2D eigenvalue weighted by molar-refractivity contribution is 0.102. The summed E-state index contributed by atoms with van der Waals surface area (Å²) in [5.41, 5.74) is 1.24. The van der Waals surface area contributed by atoms with Crippen molar-refractivity contribution in [1.29, 1.82) is 0 Å². The summed E-state index contributed by atoms with van der Waals surface area (Å²) in [6, 6.07) is 2.04. The number of rotatable bonds is 6. The monoisotopic (exact) mass is 361 g/mol. The van der Waals surface area contributed by atoms with Gasteiger partial charge in [0, 0.05) is 26.1 Å². The number of likely N-dealkylation sites (tertiary alicyclic amines) is 1. The molecule has 0 amide bonds. The van der Waals surface area contributed by atoms with E-state index in [-0.39, 0.29) is 5.78 Å². The number of thiophene rings is 1. The molecule has 0 bridgehead atoms. The number of hydrogen-bond donors (Lipinski definition) is 0. The van der Waals surface area contributed by atoms with Crippen molar-refractivity contribution in [3.05, 3.63) is 33.5 Å². The average molecular weight is 362 g/mol. The molecule has 1 atom stereocenters. The molecule has 3 rings (SSSR count). The van der Waals surface area contributed by atoms with Crippen LogP contribution in [0.25, 0.3) is 0 Å². The van der Waals surface area contributed by atoms with Gasteiger partial charge in [-0.1, -0.05) is 0 Å². The van der Waals surface area contributed by atoms with E-state index in [1.807, 2.05) is 20.2 Å². The van der Waals surface area contributed by atoms with Gasteiger partial charge in [0.25, 0.3) is 0 Å². The molecule has 0 N–H and O–H groups in total. The van der Waals surface area contributed by atoms with E-state index in [1.54, 1.807) is 18.3 Å². The summed E-state index contributed by atoms with van der Waals surface area (Å²) in [4.78, 5) is 16.9. The minimum Gasteiger partial charge on any atom is -0.317 e. The maximum Gasteiger partial charge on any atom is 0.169 e. The smallest absolute Gasteiger partial charge is 0.169 e. The first kappa shape index (κ1) is 18.2. The molecule has 1 aliphatic rings. The van der Waals surface area contributed by atoms with E-state index < -0.39 is 0 Å². The third-order valence-electron chi connectivity index (χ3n) is 4.73. The summed E-state index contributed by atoms with van der Waals surface area (Å²) in [6.07, 6.45) is 2.33. The van der Waals surface area contributed by atoms with Crippen molar-refractivity contribution in [1.82, 2.24) is 24.6 Å². The Morgan fingerprint density at radius 3 is 2.88 bits per heavy atom. The van der Waals surface area contributed by atoms with E-state index in [0.29, 0.717) is 5.92 Å². The normalized spacial score (nSPS) is 18.8. The molecule has 1 fully saturated rings. The second-order valence-electron chi connectivity index (χ2n) is 7.22. The average Bonchev–Trinajstić information content (AvgIpc) is 3.15. The van der Waals surface area contributed by atoms with Crippen LogP contribution in [-0.2, 0) is 20.1 Å². The van der Waals surface area contributed by atoms with Crippen LogP contribution in [0, 0.1) is 0 Å². The highest BCUT2D eigenvalue weighted by molar-refractivity contribution is 7.12. The Morgan fingerprint density at radius 1 is 1.40 bits per heavy atom. The first-order valence-electron chi connectivity index (χ1n) is 8.77. The molecular weight excluding hydrogens is 334 g/mol. The Hall–Kier alpha value is -1.57. The van der Waals surface area contributed by atoms with Gasteiger partial charge in [0.05, 0.1) is 11.4 Å². The molecule has 0 aliphatic carbocycles. The fourth-order valence-corrected chi connectivity index (χ4v) is 4.27. The van der Waals surface area contributed by atoms with Crippen LogP contribution in [0.5, 0.6) is 0 Å². The zero-order valence-corrected chi connectivity index (χ0v) is 16.3. The van der Waals surface area contributed by atoms with E-state index in [0.717, 1.165) is 49.1 Å². The van der Waals surface area contributed by atoms with Crippen LogP contribution in [0.15, 0.2) is 11.4 Å².